The molecule has 6 heteroatoms. The van der Waals surface area contributed by atoms with Crippen molar-refractivity contribution in [2.45, 2.75) is 19.4 Å². The summed E-state index contributed by atoms with van der Waals surface area (Å²) in [5, 5.41) is 11.7. The Morgan fingerprint density at radius 2 is 2.00 bits per heavy atom. The fourth-order valence-electron chi connectivity index (χ4n) is 2.67. The van der Waals surface area contributed by atoms with Gasteiger partial charge < -0.3 is 0 Å². The number of hydrazone groups is 1. The van der Waals surface area contributed by atoms with E-state index in [2.05, 4.69) is 16.4 Å². The normalized spacial score (nSPS) is 17.6. The maximum absolute atomic E-state index is 13.2. The summed E-state index contributed by atoms with van der Waals surface area (Å²) in [6.07, 6.45) is 0.796. The molecule has 0 unspecified atom stereocenters. The number of nitrogens with zero attached hydrogens (tertiary/aromatic N) is 3. The molecule has 0 N–H and O–H groups in total. The number of aromatic nitrogens is 1. The zero-order valence-electron chi connectivity index (χ0n) is 12.4. The van der Waals surface area contributed by atoms with E-state index in [9.17, 15) is 4.39 Å². The summed E-state index contributed by atoms with van der Waals surface area (Å²) in [6, 6.07) is 10.8. The quantitative estimate of drug-likeness (QED) is 0.669. The number of rotatable bonds is 3. The van der Waals surface area contributed by atoms with Crippen molar-refractivity contribution in [3.05, 3.63) is 69.1 Å². The molecule has 0 aliphatic carbocycles. The lowest BCUT2D eigenvalue weighted by molar-refractivity contribution is 0.624. The summed E-state index contributed by atoms with van der Waals surface area (Å²) in [6.45, 7) is 1.98. The Hall–Kier alpha value is -2.05. The van der Waals surface area contributed by atoms with Crippen LogP contribution in [0.1, 0.15) is 28.6 Å². The predicted octanol–water partition coefficient (Wildman–Crippen LogP) is 5.01. The van der Waals surface area contributed by atoms with E-state index in [1.165, 1.54) is 17.0 Å². The number of anilines is 1. The van der Waals surface area contributed by atoms with E-state index in [1.807, 2.05) is 35.5 Å². The van der Waals surface area contributed by atoms with Crippen LogP contribution in [0.15, 0.2) is 52.3 Å². The van der Waals surface area contributed by atoms with Gasteiger partial charge in [0.1, 0.15) is 5.82 Å². The second-order valence-electron chi connectivity index (χ2n) is 5.41. The van der Waals surface area contributed by atoms with Gasteiger partial charge in [-0.2, -0.15) is 5.10 Å². The molecule has 0 spiro atoms. The van der Waals surface area contributed by atoms with Crippen molar-refractivity contribution in [2.75, 3.05) is 5.01 Å². The molecule has 3 heterocycles. The molecule has 3 aromatic rings. The fraction of sp³-hybridized carbons (Fsp3) is 0.176. The van der Waals surface area contributed by atoms with Gasteiger partial charge >= 0.3 is 0 Å². The summed E-state index contributed by atoms with van der Waals surface area (Å²) >= 11 is 3.27. The zero-order chi connectivity index (χ0) is 15.8. The van der Waals surface area contributed by atoms with E-state index in [0.717, 1.165) is 28.5 Å². The van der Waals surface area contributed by atoms with Gasteiger partial charge in [0.15, 0.2) is 0 Å². The van der Waals surface area contributed by atoms with Gasteiger partial charge in [-0.15, -0.1) is 22.7 Å². The summed E-state index contributed by atoms with van der Waals surface area (Å²) in [7, 11) is 0. The van der Waals surface area contributed by atoms with Gasteiger partial charge in [-0.25, -0.2) is 14.4 Å². The number of halogens is 1. The van der Waals surface area contributed by atoms with Crippen LogP contribution < -0.4 is 5.01 Å². The predicted molar refractivity (Wildman–Crippen MR) is 93.9 cm³/mol. The minimum absolute atomic E-state index is 0.0539. The largest absolute Gasteiger partial charge is 0.231 e. The van der Waals surface area contributed by atoms with Crippen LogP contribution in [0.3, 0.4) is 0 Å². The molecule has 0 saturated carbocycles. The van der Waals surface area contributed by atoms with Gasteiger partial charge in [-0.3, -0.25) is 0 Å². The van der Waals surface area contributed by atoms with Crippen LogP contribution in [0.5, 0.6) is 0 Å². The van der Waals surface area contributed by atoms with E-state index in [-0.39, 0.29) is 11.9 Å². The molecule has 1 aromatic carbocycles. The van der Waals surface area contributed by atoms with Crippen molar-refractivity contribution in [1.29, 1.82) is 0 Å². The van der Waals surface area contributed by atoms with E-state index < -0.39 is 0 Å². The van der Waals surface area contributed by atoms with E-state index in [1.54, 1.807) is 22.7 Å². The molecule has 0 bridgehead atoms. The molecule has 23 heavy (non-hydrogen) atoms. The standard InChI is InChI=1S/C17H14FN3S2/c1-11-10-23-17(19-11)21-15(12-4-6-13(18)7-5-12)9-14(20-21)16-3-2-8-22-16/h2-8,10,15H,9H2,1H3/t15-/m1/s1. The molecule has 0 fully saturated rings. The Morgan fingerprint density at radius 1 is 1.17 bits per heavy atom. The molecular weight excluding hydrogens is 329 g/mol. The monoisotopic (exact) mass is 343 g/mol. The van der Waals surface area contributed by atoms with Gasteiger partial charge in [0, 0.05) is 11.8 Å². The van der Waals surface area contributed by atoms with Crippen LogP contribution >= 0.6 is 22.7 Å². The van der Waals surface area contributed by atoms with Crippen molar-refractivity contribution in [3.63, 3.8) is 0 Å². The van der Waals surface area contributed by atoms with Crippen molar-refractivity contribution < 1.29 is 4.39 Å². The Kier molecular flexibility index (Phi) is 3.71. The first-order valence-corrected chi connectivity index (χ1v) is 9.05. The van der Waals surface area contributed by atoms with Crippen molar-refractivity contribution >= 4 is 33.5 Å². The van der Waals surface area contributed by atoms with Gasteiger partial charge in [-0.05, 0) is 36.1 Å². The highest BCUT2D eigenvalue weighted by molar-refractivity contribution is 7.13. The highest BCUT2D eigenvalue weighted by atomic mass is 32.1. The zero-order valence-corrected chi connectivity index (χ0v) is 14.1. The first-order chi connectivity index (χ1) is 11.2. The van der Waals surface area contributed by atoms with Crippen LogP contribution in [0, 0.1) is 12.7 Å². The summed E-state index contributed by atoms with van der Waals surface area (Å²) < 4.78 is 13.2. The smallest absolute Gasteiger partial charge is 0.206 e. The molecule has 1 aliphatic rings. The summed E-state index contributed by atoms with van der Waals surface area (Å²) in [5.41, 5.74) is 3.10. The Labute approximate surface area is 141 Å². The molecule has 0 amide bonds. The lowest BCUT2D eigenvalue weighted by Crippen LogP contribution is -2.18. The SMILES string of the molecule is Cc1csc(N2N=C(c3cccs3)C[C@@H]2c2ccc(F)cc2)n1. The van der Waals surface area contributed by atoms with Gasteiger partial charge in [-0.1, -0.05) is 18.2 Å². The average molecular weight is 343 g/mol. The lowest BCUT2D eigenvalue weighted by atomic mass is 10.0. The second-order valence-corrected chi connectivity index (χ2v) is 7.20. The third kappa shape index (κ3) is 2.80. The third-order valence-electron chi connectivity index (χ3n) is 3.77. The Balaban J connectivity index is 1.74. The van der Waals surface area contributed by atoms with E-state index in [0.29, 0.717) is 0 Å². The van der Waals surface area contributed by atoms with Crippen LogP contribution in [-0.2, 0) is 0 Å². The molecule has 0 radical (unpaired) electrons. The maximum Gasteiger partial charge on any atom is 0.206 e. The third-order valence-corrected chi connectivity index (χ3v) is 5.64. The minimum atomic E-state index is -0.220. The Morgan fingerprint density at radius 3 is 2.65 bits per heavy atom. The lowest BCUT2D eigenvalue weighted by Gasteiger charge is -2.21. The molecule has 116 valence electrons. The first kappa shape index (κ1) is 14.5. The molecule has 1 atom stereocenters. The number of benzene rings is 1. The molecule has 0 saturated heterocycles. The highest BCUT2D eigenvalue weighted by Crippen LogP contribution is 2.38. The number of hydrogen-bond acceptors (Lipinski definition) is 5. The minimum Gasteiger partial charge on any atom is -0.231 e. The second kappa shape index (κ2) is 5.86. The molecule has 1 aliphatic heterocycles. The first-order valence-electron chi connectivity index (χ1n) is 7.29. The van der Waals surface area contributed by atoms with Crippen LogP contribution in [0.4, 0.5) is 9.52 Å². The topological polar surface area (TPSA) is 28.5 Å². The Bertz CT molecular complexity index is 837. The van der Waals surface area contributed by atoms with E-state index >= 15 is 0 Å². The van der Waals surface area contributed by atoms with Gasteiger partial charge in [0.05, 0.1) is 22.3 Å². The average Bonchev–Trinajstić information content (AvgIpc) is 3.27. The van der Waals surface area contributed by atoms with Crippen LogP contribution in [0.2, 0.25) is 0 Å². The van der Waals surface area contributed by atoms with Crippen molar-refractivity contribution in [2.24, 2.45) is 5.10 Å². The van der Waals surface area contributed by atoms with Gasteiger partial charge in [0.25, 0.3) is 0 Å². The molecular formula is C17H14FN3S2. The summed E-state index contributed by atoms with van der Waals surface area (Å²) in [5.74, 6) is -0.220. The number of thiophene rings is 1. The number of aryl methyl sites for hydroxylation is 1. The van der Waals surface area contributed by atoms with Crippen molar-refractivity contribution in [1.82, 2.24) is 4.98 Å². The number of thiazole rings is 1. The summed E-state index contributed by atoms with van der Waals surface area (Å²) in [4.78, 5) is 5.74. The maximum atomic E-state index is 13.2. The molecule has 4 rings (SSSR count). The van der Waals surface area contributed by atoms with E-state index in [4.69, 9.17) is 5.10 Å². The van der Waals surface area contributed by atoms with Crippen molar-refractivity contribution in [3.8, 4) is 0 Å². The number of hydrogen-bond donors (Lipinski definition) is 0. The fourth-order valence-corrected chi connectivity index (χ4v) is 4.19. The van der Waals surface area contributed by atoms with Gasteiger partial charge in [0.2, 0.25) is 5.13 Å². The molecule has 3 nitrogen and oxygen atoms in total. The highest BCUT2D eigenvalue weighted by Gasteiger charge is 2.31. The van der Waals surface area contributed by atoms with Crippen LogP contribution in [0.25, 0.3) is 0 Å². The van der Waals surface area contributed by atoms with Crippen LogP contribution in [-0.4, -0.2) is 10.7 Å². The molecule has 2 aromatic heterocycles.